The number of amides is 1. The largest absolute Gasteiger partial charge is 0.480 e. The second-order valence-electron chi connectivity index (χ2n) is 5.13. The Morgan fingerprint density at radius 1 is 1.37 bits per heavy atom. The first-order valence-electron chi connectivity index (χ1n) is 6.19. The van der Waals surface area contributed by atoms with Crippen molar-refractivity contribution in [2.45, 2.75) is 36.5 Å². The van der Waals surface area contributed by atoms with Gasteiger partial charge in [0.2, 0.25) is 5.91 Å². The maximum absolute atomic E-state index is 11.7. The molecule has 1 amide bonds. The number of carbonyl (C=O) groups is 2. The summed E-state index contributed by atoms with van der Waals surface area (Å²) in [4.78, 5) is 22.8. The van der Waals surface area contributed by atoms with Gasteiger partial charge in [-0.15, -0.1) is 11.8 Å². The molecule has 0 spiro atoms. The lowest BCUT2D eigenvalue weighted by Crippen LogP contribution is -2.59. The number of carboxylic acids is 1. The minimum Gasteiger partial charge on any atom is -0.480 e. The Morgan fingerprint density at radius 3 is 2.47 bits per heavy atom. The summed E-state index contributed by atoms with van der Waals surface area (Å²) in [5, 5.41) is 11.6. The average Bonchev–Trinajstić information content (AvgIpc) is 2.60. The van der Waals surface area contributed by atoms with Gasteiger partial charge in [-0.3, -0.25) is 4.79 Å². The van der Waals surface area contributed by atoms with Gasteiger partial charge in [-0.25, -0.2) is 13.2 Å². The van der Waals surface area contributed by atoms with Gasteiger partial charge >= 0.3 is 5.97 Å². The molecule has 0 bridgehead atoms. The summed E-state index contributed by atoms with van der Waals surface area (Å²) >= 11 is 1.30. The van der Waals surface area contributed by atoms with Crippen molar-refractivity contribution in [2.24, 2.45) is 0 Å². The number of carbonyl (C=O) groups excluding carboxylic acids is 1. The van der Waals surface area contributed by atoms with E-state index in [1.807, 2.05) is 0 Å². The van der Waals surface area contributed by atoms with Crippen LogP contribution in [0.5, 0.6) is 0 Å². The van der Waals surface area contributed by atoms with Crippen molar-refractivity contribution in [2.75, 3.05) is 17.3 Å². The Morgan fingerprint density at radius 2 is 2.05 bits per heavy atom. The van der Waals surface area contributed by atoms with Crippen LogP contribution in [0.3, 0.4) is 0 Å². The number of rotatable bonds is 5. The zero-order valence-electron chi connectivity index (χ0n) is 10.4. The summed E-state index contributed by atoms with van der Waals surface area (Å²) < 4.78 is 22.5. The minimum atomic E-state index is -2.93. The molecule has 0 aromatic rings. The third kappa shape index (κ3) is 3.42. The van der Waals surface area contributed by atoms with Crippen LogP contribution in [-0.2, 0) is 19.4 Å². The zero-order valence-corrected chi connectivity index (χ0v) is 12.1. The smallest absolute Gasteiger partial charge is 0.329 e. The SMILES string of the molecule is O=C(CSC1CCS(=O)(=O)C1)NC1(C(=O)O)CCC1. The number of hydrogen-bond donors (Lipinski definition) is 2. The molecule has 2 N–H and O–H groups in total. The fourth-order valence-corrected chi connectivity index (χ4v) is 5.75. The molecule has 2 fully saturated rings. The Balaban J connectivity index is 1.78. The molecule has 0 aromatic heterocycles. The molecule has 1 saturated heterocycles. The zero-order chi connectivity index (χ0) is 14.1. The number of sulfone groups is 1. The Hall–Kier alpha value is -0.760. The van der Waals surface area contributed by atoms with Crippen LogP contribution in [-0.4, -0.2) is 53.4 Å². The predicted molar refractivity (Wildman–Crippen MR) is 71.9 cm³/mol. The summed E-state index contributed by atoms with van der Waals surface area (Å²) in [6.07, 6.45) is 2.32. The predicted octanol–water partition coefficient (Wildman–Crippen LogP) is 0.0302. The van der Waals surface area contributed by atoms with Gasteiger partial charge in [-0.1, -0.05) is 0 Å². The lowest BCUT2D eigenvalue weighted by Gasteiger charge is -2.38. The number of hydrogen-bond acceptors (Lipinski definition) is 5. The molecule has 0 radical (unpaired) electrons. The molecule has 6 nitrogen and oxygen atoms in total. The first kappa shape index (κ1) is 14.6. The third-order valence-corrected chi connectivity index (χ3v) is 6.92. The molecule has 0 aromatic carbocycles. The van der Waals surface area contributed by atoms with Crippen LogP contribution in [0.4, 0.5) is 0 Å². The number of thioether (sulfide) groups is 1. The van der Waals surface area contributed by atoms with E-state index in [0.29, 0.717) is 19.3 Å². The fourth-order valence-electron chi connectivity index (χ4n) is 2.31. The van der Waals surface area contributed by atoms with Gasteiger partial charge in [-0.2, -0.15) is 0 Å². The van der Waals surface area contributed by atoms with Gasteiger partial charge in [0.15, 0.2) is 9.84 Å². The second-order valence-corrected chi connectivity index (χ2v) is 8.64. The molecule has 8 heteroatoms. The molecule has 1 aliphatic heterocycles. The van der Waals surface area contributed by atoms with Crippen molar-refractivity contribution in [3.8, 4) is 0 Å². The lowest BCUT2D eigenvalue weighted by atomic mass is 9.77. The first-order valence-corrected chi connectivity index (χ1v) is 9.06. The van der Waals surface area contributed by atoms with E-state index in [1.165, 1.54) is 11.8 Å². The van der Waals surface area contributed by atoms with E-state index >= 15 is 0 Å². The Bertz CT molecular complexity index is 483. The lowest BCUT2D eigenvalue weighted by molar-refractivity contribution is -0.151. The van der Waals surface area contributed by atoms with Crippen molar-refractivity contribution >= 4 is 33.5 Å². The quantitative estimate of drug-likeness (QED) is 0.743. The summed E-state index contributed by atoms with van der Waals surface area (Å²) in [6, 6.07) is 0. The van der Waals surface area contributed by atoms with E-state index in [-0.39, 0.29) is 28.4 Å². The molecule has 2 aliphatic rings. The third-order valence-electron chi connectivity index (χ3n) is 3.64. The van der Waals surface area contributed by atoms with Crippen LogP contribution in [0.25, 0.3) is 0 Å². The second kappa shape index (κ2) is 5.32. The van der Waals surface area contributed by atoms with E-state index < -0.39 is 21.3 Å². The highest BCUT2D eigenvalue weighted by molar-refractivity contribution is 8.02. The highest BCUT2D eigenvalue weighted by Gasteiger charge is 2.45. The maximum Gasteiger partial charge on any atom is 0.329 e. The molecule has 108 valence electrons. The molecular weight excluding hydrogens is 290 g/mol. The van der Waals surface area contributed by atoms with Crippen molar-refractivity contribution in [3.63, 3.8) is 0 Å². The van der Waals surface area contributed by atoms with Crippen LogP contribution in [0, 0.1) is 0 Å². The van der Waals surface area contributed by atoms with Gasteiger partial charge in [0.25, 0.3) is 0 Å². The summed E-state index contributed by atoms with van der Waals surface area (Å²) in [5.41, 5.74) is -1.08. The number of carboxylic acid groups (broad SMARTS) is 1. The average molecular weight is 307 g/mol. The monoisotopic (exact) mass is 307 g/mol. The highest BCUT2D eigenvalue weighted by Crippen LogP contribution is 2.32. The fraction of sp³-hybridized carbons (Fsp3) is 0.818. The molecule has 1 unspecified atom stereocenters. The van der Waals surface area contributed by atoms with Crippen LogP contribution in [0.15, 0.2) is 0 Å². The molecule has 19 heavy (non-hydrogen) atoms. The maximum atomic E-state index is 11.7. The number of aliphatic carboxylic acids is 1. The molecule has 1 heterocycles. The van der Waals surface area contributed by atoms with E-state index in [1.54, 1.807) is 0 Å². The molecule has 1 saturated carbocycles. The molecule has 1 aliphatic carbocycles. The first-order chi connectivity index (χ1) is 8.83. The Kier molecular flexibility index (Phi) is 4.10. The summed E-state index contributed by atoms with van der Waals surface area (Å²) in [7, 11) is -2.93. The topological polar surface area (TPSA) is 101 Å². The normalized spacial score (nSPS) is 27.5. The van der Waals surface area contributed by atoms with Crippen molar-refractivity contribution in [3.05, 3.63) is 0 Å². The number of nitrogens with one attached hydrogen (secondary N) is 1. The van der Waals surface area contributed by atoms with Gasteiger partial charge in [0.05, 0.1) is 17.3 Å². The van der Waals surface area contributed by atoms with E-state index in [2.05, 4.69) is 5.32 Å². The van der Waals surface area contributed by atoms with Crippen molar-refractivity contribution < 1.29 is 23.1 Å². The molecular formula is C11H17NO5S2. The van der Waals surface area contributed by atoms with Crippen LogP contribution in [0.2, 0.25) is 0 Å². The van der Waals surface area contributed by atoms with Gasteiger partial charge in [0.1, 0.15) is 5.54 Å². The van der Waals surface area contributed by atoms with Crippen molar-refractivity contribution in [1.82, 2.24) is 5.32 Å². The summed E-state index contributed by atoms with van der Waals surface area (Å²) in [6.45, 7) is 0. The van der Waals surface area contributed by atoms with Crippen LogP contribution < -0.4 is 5.32 Å². The van der Waals surface area contributed by atoms with Crippen molar-refractivity contribution in [1.29, 1.82) is 0 Å². The van der Waals surface area contributed by atoms with Crippen LogP contribution >= 0.6 is 11.8 Å². The van der Waals surface area contributed by atoms with Gasteiger partial charge < -0.3 is 10.4 Å². The van der Waals surface area contributed by atoms with Gasteiger partial charge in [-0.05, 0) is 25.7 Å². The minimum absolute atomic E-state index is 0.0436. The highest BCUT2D eigenvalue weighted by atomic mass is 32.2. The van der Waals surface area contributed by atoms with E-state index in [9.17, 15) is 18.0 Å². The summed E-state index contributed by atoms with van der Waals surface area (Å²) in [5.74, 6) is -0.882. The standard InChI is InChI=1S/C11H17NO5S2/c13-9(12-11(10(14)15)3-1-4-11)6-18-8-2-5-19(16,17)7-8/h8H,1-7H2,(H,12,13)(H,14,15). The molecule has 2 rings (SSSR count). The Labute approximate surface area is 116 Å². The van der Waals surface area contributed by atoms with Gasteiger partial charge in [0, 0.05) is 5.25 Å². The van der Waals surface area contributed by atoms with E-state index in [0.717, 1.165) is 6.42 Å². The van der Waals surface area contributed by atoms with E-state index in [4.69, 9.17) is 5.11 Å². The van der Waals surface area contributed by atoms with Crippen LogP contribution in [0.1, 0.15) is 25.7 Å². The molecule has 1 atom stereocenters.